The molecule has 0 aromatic heterocycles. The van der Waals surface area contributed by atoms with Crippen molar-refractivity contribution in [3.63, 3.8) is 0 Å². The van der Waals surface area contributed by atoms with Gasteiger partial charge in [0.25, 0.3) is 11.8 Å². The van der Waals surface area contributed by atoms with Gasteiger partial charge in [-0.25, -0.2) is 0 Å². The molecule has 3 aromatic carbocycles. The van der Waals surface area contributed by atoms with Crippen molar-refractivity contribution in [1.82, 2.24) is 5.32 Å². The summed E-state index contributed by atoms with van der Waals surface area (Å²) in [7, 11) is 1.52. The Labute approximate surface area is 178 Å². The largest absolute Gasteiger partial charge is 0.497 e. The molecule has 31 heavy (non-hydrogen) atoms. The molecule has 1 aliphatic rings. The van der Waals surface area contributed by atoms with Crippen molar-refractivity contribution in [2.45, 2.75) is 5.92 Å². The number of ether oxygens (including phenoxy) is 3. The average molecular weight is 417 g/mol. The first-order chi connectivity index (χ1) is 15.1. The summed E-state index contributed by atoms with van der Waals surface area (Å²) in [4.78, 5) is 37.3. The first-order valence-corrected chi connectivity index (χ1v) is 9.57. The number of methoxy groups -OCH3 is 1. The van der Waals surface area contributed by atoms with Crippen LogP contribution in [0.3, 0.4) is 0 Å². The standard InChI is InChI=1S/C24H19NO6/c1-29-16-12-10-15(11-13-16)23(27)25-21(26)14-30-24(28)22-17-6-2-4-8-19(17)31-20-9-5-3-7-18(20)22/h2-13,22H,14H2,1H3,(H,25,26,27). The number of carbonyl (C=O) groups excluding carboxylic acids is 3. The number of nitrogens with one attached hydrogen (secondary N) is 1. The van der Waals surface area contributed by atoms with Crippen LogP contribution in [0.2, 0.25) is 0 Å². The second-order valence-corrected chi connectivity index (χ2v) is 6.82. The number of esters is 1. The van der Waals surface area contributed by atoms with Crippen LogP contribution >= 0.6 is 0 Å². The van der Waals surface area contributed by atoms with Crippen molar-refractivity contribution in [3.05, 3.63) is 89.5 Å². The lowest BCUT2D eigenvalue weighted by Gasteiger charge is -2.26. The number of carbonyl (C=O) groups is 3. The van der Waals surface area contributed by atoms with Gasteiger partial charge in [0, 0.05) is 16.7 Å². The Bertz CT molecular complexity index is 1090. The van der Waals surface area contributed by atoms with Crippen LogP contribution in [0, 0.1) is 0 Å². The number of para-hydroxylation sites is 2. The smallest absolute Gasteiger partial charge is 0.318 e. The van der Waals surface area contributed by atoms with Gasteiger partial charge >= 0.3 is 5.97 Å². The van der Waals surface area contributed by atoms with Gasteiger partial charge in [0.1, 0.15) is 23.2 Å². The Kier molecular flexibility index (Phi) is 5.66. The van der Waals surface area contributed by atoms with E-state index in [1.807, 2.05) is 12.1 Å². The molecular formula is C24H19NO6. The minimum atomic E-state index is -0.730. The molecule has 4 rings (SSSR count). The van der Waals surface area contributed by atoms with E-state index in [0.717, 1.165) is 0 Å². The monoisotopic (exact) mass is 417 g/mol. The molecule has 7 heteroatoms. The van der Waals surface area contributed by atoms with Crippen LogP contribution < -0.4 is 14.8 Å². The van der Waals surface area contributed by atoms with Crippen LogP contribution in [0.4, 0.5) is 0 Å². The zero-order valence-corrected chi connectivity index (χ0v) is 16.7. The highest BCUT2D eigenvalue weighted by Crippen LogP contribution is 2.44. The fourth-order valence-electron chi connectivity index (χ4n) is 3.36. The summed E-state index contributed by atoms with van der Waals surface area (Å²) in [6.45, 7) is -0.581. The maximum Gasteiger partial charge on any atom is 0.318 e. The molecule has 0 radical (unpaired) electrons. The molecule has 156 valence electrons. The van der Waals surface area contributed by atoms with Crippen LogP contribution in [-0.4, -0.2) is 31.5 Å². The summed E-state index contributed by atoms with van der Waals surface area (Å²) in [5.74, 6) is -0.937. The normalized spacial score (nSPS) is 12.0. The van der Waals surface area contributed by atoms with E-state index in [0.29, 0.717) is 28.4 Å². The fourth-order valence-corrected chi connectivity index (χ4v) is 3.36. The molecule has 1 N–H and O–H groups in total. The van der Waals surface area contributed by atoms with E-state index >= 15 is 0 Å². The first kappa shape index (κ1) is 20.2. The van der Waals surface area contributed by atoms with Crippen molar-refractivity contribution in [3.8, 4) is 17.2 Å². The van der Waals surface area contributed by atoms with E-state index in [1.165, 1.54) is 19.2 Å². The van der Waals surface area contributed by atoms with E-state index < -0.39 is 30.3 Å². The number of imide groups is 1. The topological polar surface area (TPSA) is 90.9 Å². The highest BCUT2D eigenvalue weighted by molar-refractivity contribution is 6.05. The lowest BCUT2D eigenvalue weighted by molar-refractivity contribution is -0.149. The van der Waals surface area contributed by atoms with Crippen molar-refractivity contribution in [1.29, 1.82) is 0 Å². The molecule has 1 aliphatic heterocycles. The van der Waals surface area contributed by atoms with E-state index in [1.54, 1.807) is 48.5 Å². The molecule has 0 saturated carbocycles. The molecule has 0 bridgehead atoms. The molecule has 3 aromatic rings. The number of hydrogen-bond donors (Lipinski definition) is 1. The number of fused-ring (bicyclic) bond motifs is 2. The highest BCUT2D eigenvalue weighted by atomic mass is 16.5. The number of rotatable bonds is 5. The van der Waals surface area contributed by atoms with Gasteiger partial charge < -0.3 is 14.2 Å². The number of benzene rings is 3. The van der Waals surface area contributed by atoms with E-state index in [4.69, 9.17) is 14.2 Å². The van der Waals surface area contributed by atoms with Crippen LogP contribution in [0.5, 0.6) is 17.2 Å². The molecule has 0 unspecified atom stereocenters. The Morgan fingerprint density at radius 2 is 1.45 bits per heavy atom. The Morgan fingerprint density at radius 1 is 0.871 bits per heavy atom. The third-order valence-corrected chi connectivity index (χ3v) is 4.87. The Balaban J connectivity index is 1.43. The van der Waals surface area contributed by atoms with Gasteiger partial charge in [-0.1, -0.05) is 36.4 Å². The van der Waals surface area contributed by atoms with Crippen molar-refractivity contribution < 1.29 is 28.6 Å². The van der Waals surface area contributed by atoms with Gasteiger partial charge in [0.05, 0.1) is 7.11 Å². The third kappa shape index (κ3) is 4.25. The molecule has 7 nitrogen and oxygen atoms in total. The Morgan fingerprint density at radius 3 is 2.03 bits per heavy atom. The number of amides is 2. The third-order valence-electron chi connectivity index (χ3n) is 4.87. The van der Waals surface area contributed by atoms with Gasteiger partial charge in [-0.2, -0.15) is 0 Å². The van der Waals surface area contributed by atoms with Gasteiger partial charge in [-0.15, -0.1) is 0 Å². The van der Waals surface area contributed by atoms with Crippen LogP contribution in [-0.2, 0) is 14.3 Å². The van der Waals surface area contributed by atoms with E-state index in [-0.39, 0.29) is 5.56 Å². The fraction of sp³-hybridized carbons (Fsp3) is 0.125. The lowest BCUT2D eigenvalue weighted by atomic mass is 9.88. The highest BCUT2D eigenvalue weighted by Gasteiger charge is 2.33. The molecule has 0 spiro atoms. The molecule has 0 atom stereocenters. The van der Waals surface area contributed by atoms with Gasteiger partial charge in [-0.3, -0.25) is 19.7 Å². The van der Waals surface area contributed by atoms with Gasteiger partial charge in [0.15, 0.2) is 6.61 Å². The van der Waals surface area contributed by atoms with E-state index in [2.05, 4.69) is 5.32 Å². The maximum atomic E-state index is 12.9. The van der Waals surface area contributed by atoms with Crippen LogP contribution in [0.25, 0.3) is 0 Å². The second kappa shape index (κ2) is 8.71. The molecular weight excluding hydrogens is 398 g/mol. The predicted octanol–water partition coefficient (Wildman–Crippen LogP) is 3.43. The summed E-state index contributed by atoms with van der Waals surface area (Å²) in [6, 6.07) is 20.6. The summed E-state index contributed by atoms with van der Waals surface area (Å²) < 4.78 is 16.1. The molecule has 0 aliphatic carbocycles. The van der Waals surface area contributed by atoms with Crippen LogP contribution in [0.15, 0.2) is 72.8 Å². The molecule has 0 fully saturated rings. The lowest BCUT2D eigenvalue weighted by Crippen LogP contribution is -2.35. The van der Waals surface area contributed by atoms with Crippen molar-refractivity contribution in [2.24, 2.45) is 0 Å². The van der Waals surface area contributed by atoms with Crippen molar-refractivity contribution in [2.75, 3.05) is 13.7 Å². The minimum Gasteiger partial charge on any atom is -0.497 e. The zero-order valence-electron chi connectivity index (χ0n) is 16.7. The van der Waals surface area contributed by atoms with E-state index in [9.17, 15) is 14.4 Å². The molecule has 0 saturated heterocycles. The molecule has 2 amide bonds. The minimum absolute atomic E-state index is 0.285. The number of hydrogen-bond acceptors (Lipinski definition) is 6. The molecule has 1 heterocycles. The average Bonchev–Trinajstić information content (AvgIpc) is 2.81. The zero-order chi connectivity index (χ0) is 21.8. The first-order valence-electron chi connectivity index (χ1n) is 9.57. The quantitative estimate of drug-likeness (QED) is 0.640. The maximum absolute atomic E-state index is 12.9. The van der Waals surface area contributed by atoms with Gasteiger partial charge in [0.2, 0.25) is 0 Å². The van der Waals surface area contributed by atoms with Crippen LogP contribution in [0.1, 0.15) is 27.4 Å². The van der Waals surface area contributed by atoms with Gasteiger partial charge in [-0.05, 0) is 36.4 Å². The predicted molar refractivity (Wildman–Crippen MR) is 111 cm³/mol. The summed E-state index contributed by atoms with van der Waals surface area (Å²) in [5.41, 5.74) is 1.59. The second-order valence-electron chi connectivity index (χ2n) is 6.82. The van der Waals surface area contributed by atoms with Crippen molar-refractivity contribution >= 4 is 17.8 Å². The summed E-state index contributed by atoms with van der Waals surface area (Å²) in [5, 5.41) is 2.21. The summed E-state index contributed by atoms with van der Waals surface area (Å²) in [6.07, 6.45) is 0. The SMILES string of the molecule is COc1ccc(C(=O)NC(=O)COC(=O)C2c3ccccc3Oc3ccccc32)cc1. The Hall–Kier alpha value is -4.13. The summed E-state index contributed by atoms with van der Waals surface area (Å²) >= 11 is 0.